The molecule has 0 amide bonds. The Bertz CT molecular complexity index is 1170. The highest BCUT2D eigenvalue weighted by molar-refractivity contribution is 7.99. The average molecular weight is 517 g/mol. The maximum absolute atomic E-state index is 12.7. The van der Waals surface area contributed by atoms with E-state index in [-0.39, 0.29) is 13.2 Å². The van der Waals surface area contributed by atoms with E-state index in [1.54, 1.807) is 23.4 Å². The minimum atomic E-state index is -0.851. The van der Waals surface area contributed by atoms with Crippen molar-refractivity contribution in [2.24, 2.45) is 7.05 Å². The Hall–Kier alpha value is -2.52. The minimum Gasteiger partial charge on any atom is -0.491 e. The van der Waals surface area contributed by atoms with Crippen LogP contribution in [-0.2, 0) is 13.6 Å². The molecule has 2 N–H and O–H groups in total. The van der Waals surface area contributed by atoms with Gasteiger partial charge in [0.1, 0.15) is 18.5 Å². The summed E-state index contributed by atoms with van der Waals surface area (Å²) in [5.74, 6) is 1.53. The first kappa shape index (κ1) is 28.1. The zero-order valence-corrected chi connectivity index (χ0v) is 22.4. The maximum Gasteiger partial charge on any atom is 0.329 e. The number of hydrogen-bond donors (Lipinski definition) is 2. The van der Waals surface area contributed by atoms with Crippen molar-refractivity contribution >= 4 is 22.9 Å². The van der Waals surface area contributed by atoms with E-state index in [2.05, 4.69) is 16.9 Å². The number of benzene rings is 1. The summed E-state index contributed by atoms with van der Waals surface area (Å²) < 4.78 is 8.74. The third kappa shape index (κ3) is 8.27. The number of nitrogens with zero attached hydrogens (tertiary/aromatic N) is 3. The molecule has 0 unspecified atom stereocenters. The number of aliphatic hydroxyl groups is 1. The lowest BCUT2D eigenvalue weighted by Crippen LogP contribution is -2.30. The van der Waals surface area contributed by atoms with Crippen LogP contribution in [0.3, 0.4) is 0 Å². The van der Waals surface area contributed by atoms with Crippen LogP contribution >= 0.6 is 11.8 Å². The van der Waals surface area contributed by atoms with Gasteiger partial charge in [0.15, 0.2) is 16.3 Å². The molecule has 8 nitrogen and oxygen atoms in total. The maximum atomic E-state index is 12.7. The van der Waals surface area contributed by atoms with Gasteiger partial charge in [0.25, 0.3) is 5.56 Å². The number of ether oxygens (including phenoxy) is 1. The molecule has 1 aromatic carbocycles. The monoisotopic (exact) mass is 516 g/mol. The van der Waals surface area contributed by atoms with E-state index in [0.717, 1.165) is 18.6 Å². The number of para-hydroxylation sites is 1. The number of fused-ring (bicyclic) bond motifs is 1. The van der Waals surface area contributed by atoms with E-state index in [1.165, 1.54) is 55.9 Å². The quantitative estimate of drug-likeness (QED) is 0.196. The Labute approximate surface area is 217 Å². The van der Waals surface area contributed by atoms with E-state index >= 15 is 0 Å². The van der Waals surface area contributed by atoms with Crippen LogP contribution in [0.25, 0.3) is 11.2 Å². The fourth-order valence-corrected chi connectivity index (χ4v) is 5.22. The zero-order chi connectivity index (χ0) is 25.8. The number of hydrogen-bond acceptors (Lipinski definition) is 6. The number of aryl methyl sites for hydroxylation is 1. The van der Waals surface area contributed by atoms with Crippen molar-refractivity contribution < 1.29 is 9.84 Å². The third-order valence-corrected chi connectivity index (χ3v) is 7.34. The van der Waals surface area contributed by atoms with Crippen LogP contribution in [0.1, 0.15) is 71.1 Å². The summed E-state index contributed by atoms with van der Waals surface area (Å²) in [6.45, 7) is 2.47. The Balaban J connectivity index is 1.57. The molecule has 36 heavy (non-hydrogen) atoms. The summed E-state index contributed by atoms with van der Waals surface area (Å²) in [6, 6.07) is 9.29. The molecule has 2 aromatic heterocycles. The number of thioether (sulfide) groups is 1. The van der Waals surface area contributed by atoms with Gasteiger partial charge in [-0.05, 0) is 18.6 Å². The number of nitrogens with one attached hydrogen (secondary N) is 1. The molecule has 0 saturated carbocycles. The predicted molar refractivity (Wildman–Crippen MR) is 146 cm³/mol. The third-order valence-electron chi connectivity index (χ3n) is 6.28. The molecule has 2 heterocycles. The van der Waals surface area contributed by atoms with Gasteiger partial charge in [-0.2, -0.15) is 0 Å². The lowest BCUT2D eigenvalue weighted by Gasteiger charge is -2.15. The Kier molecular flexibility index (Phi) is 11.6. The number of aromatic amines is 1. The molecule has 0 bridgehead atoms. The molecule has 0 spiro atoms. The van der Waals surface area contributed by atoms with Gasteiger partial charge in [-0.15, -0.1) is 0 Å². The van der Waals surface area contributed by atoms with Gasteiger partial charge in [0.05, 0.1) is 6.54 Å². The van der Waals surface area contributed by atoms with Crippen LogP contribution < -0.4 is 16.0 Å². The molecular formula is C27H40N4O4S. The molecule has 3 rings (SSSR count). The second-order valence-corrected chi connectivity index (χ2v) is 10.4. The van der Waals surface area contributed by atoms with Crippen molar-refractivity contribution in [1.29, 1.82) is 0 Å². The molecule has 0 aliphatic heterocycles. The Morgan fingerprint density at radius 1 is 1.00 bits per heavy atom. The standard InChI is InChI=1S/C27H40N4O4S/c1-3-4-5-6-7-8-9-10-11-15-18-36-27-28-24-23(25(33)29-26(34)30(24)2)31(27)19-21(32)20-35-22-16-13-12-14-17-22/h12-14,16-17,21,32H,3-11,15,18-20H2,1-2H3,(H,29,33,34)/t21-/m0/s1. The van der Waals surface area contributed by atoms with Crippen LogP contribution in [-0.4, -0.2) is 42.7 Å². The molecule has 0 aliphatic rings. The molecule has 0 fully saturated rings. The number of aromatic nitrogens is 4. The second-order valence-electron chi connectivity index (χ2n) is 9.30. The highest BCUT2D eigenvalue weighted by atomic mass is 32.2. The smallest absolute Gasteiger partial charge is 0.329 e. The highest BCUT2D eigenvalue weighted by Crippen LogP contribution is 2.24. The largest absolute Gasteiger partial charge is 0.491 e. The van der Waals surface area contributed by atoms with Gasteiger partial charge >= 0.3 is 5.69 Å². The van der Waals surface area contributed by atoms with Gasteiger partial charge in [0, 0.05) is 12.8 Å². The SMILES string of the molecule is CCCCCCCCCCCCSc1nc2c(c(=O)[nH]c(=O)n2C)n1C[C@H](O)COc1ccccc1. The zero-order valence-electron chi connectivity index (χ0n) is 21.6. The van der Waals surface area contributed by atoms with Crippen molar-refractivity contribution in [3.05, 3.63) is 51.2 Å². The van der Waals surface area contributed by atoms with Gasteiger partial charge in [-0.25, -0.2) is 9.78 Å². The normalized spacial score (nSPS) is 12.3. The van der Waals surface area contributed by atoms with Crippen LogP contribution in [0.5, 0.6) is 5.75 Å². The lowest BCUT2D eigenvalue weighted by atomic mass is 10.1. The Morgan fingerprint density at radius 2 is 1.64 bits per heavy atom. The fourth-order valence-electron chi connectivity index (χ4n) is 4.22. The topological polar surface area (TPSA) is 102 Å². The minimum absolute atomic E-state index is 0.0793. The van der Waals surface area contributed by atoms with Gasteiger partial charge in [0.2, 0.25) is 0 Å². The van der Waals surface area contributed by atoms with E-state index in [1.807, 2.05) is 30.3 Å². The summed E-state index contributed by atoms with van der Waals surface area (Å²) in [5.41, 5.74) is -0.383. The molecule has 0 radical (unpaired) electrons. The van der Waals surface area contributed by atoms with Crippen molar-refractivity contribution in [2.75, 3.05) is 12.4 Å². The van der Waals surface area contributed by atoms with Crippen LogP contribution in [0.2, 0.25) is 0 Å². The van der Waals surface area contributed by atoms with Gasteiger partial charge < -0.3 is 14.4 Å². The molecule has 0 saturated heterocycles. The van der Waals surface area contributed by atoms with Crippen molar-refractivity contribution in [1.82, 2.24) is 19.1 Å². The van der Waals surface area contributed by atoms with E-state index in [0.29, 0.717) is 22.1 Å². The number of unbranched alkanes of at least 4 members (excludes halogenated alkanes) is 9. The highest BCUT2D eigenvalue weighted by Gasteiger charge is 2.20. The molecule has 198 valence electrons. The average Bonchev–Trinajstić information content (AvgIpc) is 3.24. The van der Waals surface area contributed by atoms with Crippen molar-refractivity contribution in [3.63, 3.8) is 0 Å². The van der Waals surface area contributed by atoms with Crippen molar-refractivity contribution in [3.8, 4) is 5.75 Å². The fraction of sp³-hybridized carbons (Fsp3) is 0.593. The van der Waals surface area contributed by atoms with Gasteiger partial charge in [-0.3, -0.25) is 14.3 Å². The summed E-state index contributed by atoms with van der Waals surface area (Å²) in [4.78, 5) is 31.7. The summed E-state index contributed by atoms with van der Waals surface area (Å²) in [6.07, 6.45) is 11.9. The summed E-state index contributed by atoms with van der Waals surface area (Å²) in [7, 11) is 1.59. The van der Waals surface area contributed by atoms with E-state index in [9.17, 15) is 14.7 Å². The summed E-state index contributed by atoms with van der Waals surface area (Å²) >= 11 is 1.56. The molecule has 9 heteroatoms. The second kappa shape index (κ2) is 14.9. The summed E-state index contributed by atoms with van der Waals surface area (Å²) in [5, 5.41) is 11.3. The van der Waals surface area contributed by atoms with Crippen LogP contribution in [0.4, 0.5) is 0 Å². The van der Waals surface area contributed by atoms with Crippen LogP contribution in [0, 0.1) is 0 Å². The molecule has 3 aromatic rings. The van der Waals surface area contributed by atoms with Crippen molar-refractivity contribution in [2.45, 2.75) is 88.9 Å². The van der Waals surface area contributed by atoms with Crippen LogP contribution in [0.15, 0.2) is 45.1 Å². The van der Waals surface area contributed by atoms with E-state index < -0.39 is 17.4 Å². The number of rotatable bonds is 17. The first-order valence-corrected chi connectivity index (χ1v) is 14.2. The predicted octanol–water partition coefficient (Wildman–Crippen LogP) is 4.88. The Morgan fingerprint density at radius 3 is 2.31 bits per heavy atom. The first-order valence-electron chi connectivity index (χ1n) is 13.2. The molecular weight excluding hydrogens is 476 g/mol. The number of imidazole rings is 1. The number of aliphatic hydroxyl groups excluding tert-OH is 1. The lowest BCUT2D eigenvalue weighted by molar-refractivity contribution is 0.0914. The molecule has 0 aliphatic carbocycles. The van der Waals surface area contributed by atoms with Gasteiger partial charge in [-0.1, -0.05) is 94.7 Å². The number of H-pyrrole nitrogens is 1. The first-order chi connectivity index (χ1) is 17.5. The van der Waals surface area contributed by atoms with E-state index in [4.69, 9.17) is 4.74 Å². The molecule has 1 atom stereocenters.